The number of carbonyl (C=O) groups excluding carboxylic acids is 2. The predicted octanol–water partition coefficient (Wildman–Crippen LogP) is 3.41. The first-order valence-electron chi connectivity index (χ1n) is 9.82. The Kier molecular flexibility index (Phi) is 7.38. The third-order valence-electron chi connectivity index (χ3n) is 4.74. The lowest BCUT2D eigenvalue weighted by molar-refractivity contribution is -0.127. The van der Waals surface area contributed by atoms with Crippen LogP contribution in [0.3, 0.4) is 0 Å². The van der Waals surface area contributed by atoms with E-state index in [9.17, 15) is 14.9 Å². The lowest BCUT2D eigenvalue weighted by Crippen LogP contribution is -2.41. The van der Waals surface area contributed by atoms with E-state index in [1.54, 1.807) is 17.3 Å². The molecule has 1 aliphatic carbocycles. The second-order valence-corrected chi connectivity index (χ2v) is 8.27. The molecular weight excluding hydrogens is 356 g/mol. The molecule has 0 radical (unpaired) electrons. The Balaban J connectivity index is 1.90. The standard InChI is InChI=1S/C21H30N4O3/c1-20(2,3)28-19(27)25(15-17-8-6-11-23-14-17)13-7-12-24-18(26)21(16-22)9-4-5-10-21/h6,8,11,14H,4-5,7,9-10,12-13,15H2,1-3H3,(H,24,26). The normalized spacial score (nSPS) is 15.5. The van der Waals surface area contributed by atoms with Crippen LogP contribution in [0.5, 0.6) is 0 Å². The maximum absolute atomic E-state index is 12.6. The number of nitriles is 1. The Morgan fingerprint density at radius 2 is 2.07 bits per heavy atom. The monoisotopic (exact) mass is 386 g/mol. The van der Waals surface area contributed by atoms with E-state index in [2.05, 4.69) is 16.4 Å². The summed E-state index contributed by atoms with van der Waals surface area (Å²) >= 11 is 0. The number of ether oxygens (including phenoxy) is 1. The molecule has 1 heterocycles. The number of nitrogens with zero attached hydrogens (tertiary/aromatic N) is 3. The van der Waals surface area contributed by atoms with Crippen LogP contribution >= 0.6 is 0 Å². The largest absolute Gasteiger partial charge is 0.444 e. The fourth-order valence-electron chi connectivity index (χ4n) is 3.28. The van der Waals surface area contributed by atoms with Crippen molar-refractivity contribution in [3.63, 3.8) is 0 Å². The highest BCUT2D eigenvalue weighted by molar-refractivity contribution is 5.85. The van der Waals surface area contributed by atoms with Gasteiger partial charge in [0.2, 0.25) is 5.91 Å². The molecule has 1 saturated carbocycles. The highest BCUT2D eigenvalue weighted by atomic mass is 16.6. The second kappa shape index (κ2) is 9.54. The van der Waals surface area contributed by atoms with Gasteiger partial charge in [0.25, 0.3) is 0 Å². The van der Waals surface area contributed by atoms with Crippen molar-refractivity contribution in [3.05, 3.63) is 30.1 Å². The summed E-state index contributed by atoms with van der Waals surface area (Å²) in [6.45, 7) is 6.72. The van der Waals surface area contributed by atoms with Gasteiger partial charge >= 0.3 is 6.09 Å². The first-order valence-corrected chi connectivity index (χ1v) is 9.82. The second-order valence-electron chi connectivity index (χ2n) is 8.27. The fourth-order valence-corrected chi connectivity index (χ4v) is 3.28. The Bertz CT molecular complexity index is 701. The summed E-state index contributed by atoms with van der Waals surface area (Å²) in [5.41, 5.74) is -0.549. The molecule has 0 atom stereocenters. The van der Waals surface area contributed by atoms with Gasteiger partial charge in [-0.25, -0.2) is 4.79 Å². The number of pyridine rings is 1. The predicted molar refractivity (Wildman–Crippen MR) is 105 cm³/mol. The zero-order chi connectivity index (χ0) is 20.6. The van der Waals surface area contributed by atoms with E-state index in [4.69, 9.17) is 4.74 Å². The van der Waals surface area contributed by atoms with E-state index in [0.29, 0.717) is 38.9 Å². The smallest absolute Gasteiger partial charge is 0.410 e. The number of hydrogen-bond donors (Lipinski definition) is 1. The quantitative estimate of drug-likeness (QED) is 0.725. The number of aromatic nitrogens is 1. The van der Waals surface area contributed by atoms with Gasteiger partial charge in [-0.15, -0.1) is 0 Å². The molecule has 7 nitrogen and oxygen atoms in total. The molecule has 2 amide bonds. The van der Waals surface area contributed by atoms with E-state index < -0.39 is 17.1 Å². The Labute approximate surface area is 167 Å². The van der Waals surface area contributed by atoms with Crippen molar-refractivity contribution >= 4 is 12.0 Å². The van der Waals surface area contributed by atoms with Crippen molar-refractivity contribution in [2.24, 2.45) is 5.41 Å². The van der Waals surface area contributed by atoms with Gasteiger partial charge in [0.15, 0.2) is 0 Å². The highest BCUT2D eigenvalue weighted by Gasteiger charge is 2.41. The molecule has 7 heteroatoms. The number of amides is 2. The molecule has 28 heavy (non-hydrogen) atoms. The average molecular weight is 386 g/mol. The van der Waals surface area contributed by atoms with Crippen LogP contribution in [0.1, 0.15) is 58.4 Å². The van der Waals surface area contributed by atoms with Gasteiger partial charge in [0.1, 0.15) is 11.0 Å². The summed E-state index contributed by atoms with van der Waals surface area (Å²) in [5.74, 6) is -0.191. The summed E-state index contributed by atoms with van der Waals surface area (Å²) in [6.07, 6.45) is 6.66. The molecule has 0 bridgehead atoms. The molecule has 2 rings (SSSR count). The summed E-state index contributed by atoms with van der Waals surface area (Å²) in [5, 5.41) is 12.3. The SMILES string of the molecule is CC(C)(C)OC(=O)N(CCCNC(=O)C1(C#N)CCCC1)Cc1cccnc1. The number of carbonyl (C=O) groups is 2. The van der Waals surface area contributed by atoms with Gasteiger partial charge in [0.05, 0.1) is 12.6 Å². The molecule has 1 aromatic rings. The van der Waals surface area contributed by atoms with E-state index in [0.717, 1.165) is 18.4 Å². The topological polar surface area (TPSA) is 95.3 Å². The van der Waals surface area contributed by atoms with Gasteiger partial charge in [-0.2, -0.15) is 5.26 Å². The van der Waals surface area contributed by atoms with E-state index in [-0.39, 0.29) is 5.91 Å². The molecule has 0 aliphatic heterocycles. The van der Waals surface area contributed by atoms with E-state index in [1.807, 2.05) is 32.9 Å². The number of nitrogens with one attached hydrogen (secondary N) is 1. The van der Waals surface area contributed by atoms with Gasteiger partial charge < -0.3 is 15.0 Å². The van der Waals surface area contributed by atoms with Gasteiger partial charge in [-0.05, 0) is 51.7 Å². The molecule has 152 valence electrons. The minimum atomic E-state index is -0.874. The van der Waals surface area contributed by atoms with Crippen molar-refractivity contribution in [1.29, 1.82) is 5.26 Å². The van der Waals surface area contributed by atoms with Crippen LogP contribution in [-0.4, -0.2) is 40.6 Å². The van der Waals surface area contributed by atoms with Gasteiger partial charge in [-0.3, -0.25) is 9.78 Å². The molecule has 1 fully saturated rings. The molecule has 0 unspecified atom stereocenters. The molecule has 1 N–H and O–H groups in total. The Hall–Kier alpha value is -2.62. The number of rotatable bonds is 7. The van der Waals surface area contributed by atoms with Crippen molar-refractivity contribution in [3.8, 4) is 6.07 Å². The average Bonchev–Trinajstić information content (AvgIpc) is 3.14. The molecule has 1 aliphatic rings. The Morgan fingerprint density at radius 3 is 2.64 bits per heavy atom. The van der Waals surface area contributed by atoms with Crippen LogP contribution in [-0.2, 0) is 16.1 Å². The molecule has 0 aromatic carbocycles. The maximum Gasteiger partial charge on any atom is 0.410 e. The van der Waals surface area contributed by atoms with Crippen molar-refractivity contribution in [2.75, 3.05) is 13.1 Å². The lowest BCUT2D eigenvalue weighted by atomic mass is 9.87. The lowest BCUT2D eigenvalue weighted by Gasteiger charge is -2.27. The molecular formula is C21H30N4O3. The minimum absolute atomic E-state index is 0.191. The zero-order valence-corrected chi connectivity index (χ0v) is 17.0. The van der Waals surface area contributed by atoms with Crippen LogP contribution in [0.4, 0.5) is 4.79 Å². The van der Waals surface area contributed by atoms with Gasteiger partial charge in [0, 0.05) is 25.5 Å². The summed E-state index contributed by atoms with van der Waals surface area (Å²) in [7, 11) is 0. The highest BCUT2D eigenvalue weighted by Crippen LogP contribution is 2.37. The third kappa shape index (κ3) is 6.22. The molecule has 0 spiro atoms. The summed E-state index contributed by atoms with van der Waals surface area (Å²) < 4.78 is 5.50. The van der Waals surface area contributed by atoms with Crippen LogP contribution in [0.15, 0.2) is 24.5 Å². The van der Waals surface area contributed by atoms with Gasteiger partial charge in [-0.1, -0.05) is 18.9 Å². The zero-order valence-electron chi connectivity index (χ0n) is 17.0. The van der Waals surface area contributed by atoms with Crippen LogP contribution in [0.2, 0.25) is 0 Å². The number of hydrogen-bond acceptors (Lipinski definition) is 5. The third-order valence-corrected chi connectivity index (χ3v) is 4.74. The first-order chi connectivity index (χ1) is 13.3. The van der Waals surface area contributed by atoms with E-state index >= 15 is 0 Å². The Morgan fingerprint density at radius 1 is 1.36 bits per heavy atom. The van der Waals surface area contributed by atoms with Crippen LogP contribution < -0.4 is 5.32 Å². The first kappa shape index (κ1) is 21.7. The fraction of sp³-hybridized carbons (Fsp3) is 0.619. The molecule has 1 aromatic heterocycles. The van der Waals surface area contributed by atoms with Crippen molar-refractivity contribution in [1.82, 2.24) is 15.2 Å². The van der Waals surface area contributed by atoms with E-state index in [1.165, 1.54) is 0 Å². The maximum atomic E-state index is 12.6. The summed E-state index contributed by atoms with van der Waals surface area (Å²) in [4.78, 5) is 30.7. The summed E-state index contributed by atoms with van der Waals surface area (Å²) in [6, 6.07) is 5.93. The van der Waals surface area contributed by atoms with Crippen LogP contribution in [0, 0.1) is 16.7 Å². The van der Waals surface area contributed by atoms with Crippen LogP contribution in [0.25, 0.3) is 0 Å². The van der Waals surface area contributed by atoms with Crippen molar-refractivity contribution < 1.29 is 14.3 Å². The molecule has 0 saturated heterocycles. The van der Waals surface area contributed by atoms with Crippen molar-refractivity contribution in [2.45, 2.75) is 65.0 Å². The minimum Gasteiger partial charge on any atom is -0.444 e.